The van der Waals surface area contributed by atoms with Gasteiger partial charge in [-0.15, -0.1) is 0 Å². The van der Waals surface area contributed by atoms with Crippen LogP contribution in [0.4, 0.5) is 0 Å². The zero-order valence-electron chi connectivity index (χ0n) is 7.72. The molecule has 1 atom stereocenters. The zero-order chi connectivity index (χ0) is 9.35. The third kappa shape index (κ3) is 1.36. The maximum absolute atomic E-state index is 11.4. The zero-order valence-corrected chi connectivity index (χ0v) is 7.72. The van der Waals surface area contributed by atoms with E-state index >= 15 is 0 Å². The van der Waals surface area contributed by atoms with Crippen molar-refractivity contribution in [1.29, 1.82) is 0 Å². The summed E-state index contributed by atoms with van der Waals surface area (Å²) in [4.78, 5) is 21.9. The van der Waals surface area contributed by atoms with Gasteiger partial charge in [-0.3, -0.25) is 9.59 Å². The highest BCUT2D eigenvalue weighted by atomic mass is 16.6. The Morgan fingerprint density at radius 2 is 2.17 bits per heavy atom. The molecule has 1 rings (SSSR count). The van der Waals surface area contributed by atoms with E-state index in [0.29, 0.717) is 12.8 Å². The molecule has 0 N–H and O–H groups in total. The third-order valence-electron chi connectivity index (χ3n) is 2.47. The van der Waals surface area contributed by atoms with Gasteiger partial charge in [0.1, 0.15) is 11.9 Å². The quantitative estimate of drug-likeness (QED) is 0.600. The average Bonchev–Trinajstić information content (AvgIpc) is 1.96. The van der Waals surface area contributed by atoms with Crippen LogP contribution in [0, 0.1) is 5.41 Å². The van der Waals surface area contributed by atoms with Gasteiger partial charge in [0.2, 0.25) is 0 Å². The number of hydrogen-bond donors (Lipinski definition) is 0. The van der Waals surface area contributed by atoms with Crippen molar-refractivity contribution in [3.63, 3.8) is 0 Å². The second kappa shape index (κ2) is 2.88. The summed E-state index contributed by atoms with van der Waals surface area (Å²) in [5.74, 6) is -0.0445. The van der Waals surface area contributed by atoms with Crippen LogP contribution in [0.3, 0.4) is 0 Å². The van der Waals surface area contributed by atoms with Gasteiger partial charge in [-0.25, -0.2) is 0 Å². The van der Waals surface area contributed by atoms with Crippen molar-refractivity contribution in [1.82, 2.24) is 0 Å². The van der Waals surface area contributed by atoms with E-state index in [2.05, 4.69) is 0 Å². The first-order valence-electron chi connectivity index (χ1n) is 4.21. The van der Waals surface area contributed by atoms with Crippen LogP contribution in [0.1, 0.15) is 33.6 Å². The number of cyclic esters (lactones) is 1. The van der Waals surface area contributed by atoms with Crippen LogP contribution in [-0.4, -0.2) is 17.9 Å². The molecule has 3 heteroatoms. The van der Waals surface area contributed by atoms with Crippen molar-refractivity contribution in [3.8, 4) is 0 Å². The van der Waals surface area contributed by atoms with Gasteiger partial charge in [-0.05, 0) is 13.8 Å². The first-order valence-corrected chi connectivity index (χ1v) is 4.21. The lowest BCUT2D eigenvalue weighted by molar-refractivity contribution is -0.182. The summed E-state index contributed by atoms with van der Waals surface area (Å²) in [6.45, 7) is 5.48. The smallest absolute Gasteiger partial charge is 0.309 e. The van der Waals surface area contributed by atoms with Crippen molar-refractivity contribution in [2.75, 3.05) is 0 Å². The average molecular weight is 170 g/mol. The fraction of sp³-hybridized carbons (Fsp3) is 0.778. The van der Waals surface area contributed by atoms with Crippen molar-refractivity contribution in [3.05, 3.63) is 0 Å². The Morgan fingerprint density at radius 1 is 1.67 bits per heavy atom. The minimum atomic E-state index is -0.497. The lowest BCUT2D eigenvalue weighted by Gasteiger charge is -2.37. The largest absolute Gasteiger partial charge is 0.461 e. The van der Waals surface area contributed by atoms with E-state index in [4.69, 9.17) is 4.74 Å². The summed E-state index contributed by atoms with van der Waals surface area (Å²) in [5.41, 5.74) is -0.497. The lowest BCUT2D eigenvalue weighted by atomic mass is 9.77. The second-order valence-electron chi connectivity index (χ2n) is 3.68. The molecule has 0 spiro atoms. The molecule has 0 radical (unpaired) electrons. The SMILES string of the molecule is CCC(=O)C(C)(C)[C@@H]1CC(=O)O1. The molecular weight excluding hydrogens is 156 g/mol. The van der Waals surface area contributed by atoms with Crippen molar-refractivity contribution < 1.29 is 14.3 Å². The number of Topliss-reactive ketones (excluding diaryl/α,β-unsaturated/α-hetero) is 1. The number of ether oxygens (including phenoxy) is 1. The molecule has 0 aromatic carbocycles. The molecule has 1 fully saturated rings. The molecule has 1 aliphatic rings. The molecule has 1 aliphatic heterocycles. The Hall–Kier alpha value is -0.860. The second-order valence-corrected chi connectivity index (χ2v) is 3.68. The van der Waals surface area contributed by atoms with Gasteiger partial charge >= 0.3 is 5.97 Å². The highest BCUT2D eigenvalue weighted by Gasteiger charge is 2.45. The van der Waals surface area contributed by atoms with Crippen LogP contribution < -0.4 is 0 Å². The number of esters is 1. The molecule has 0 amide bonds. The van der Waals surface area contributed by atoms with E-state index in [9.17, 15) is 9.59 Å². The summed E-state index contributed by atoms with van der Waals surface area (Å²) in [5, 5.41) is 0. The first kappa shape index (κ1) is 9.23. The first-order chi connectivity index (χ1) is 5.48. The van der Waals surface area contributed by atoms with Gasteiger partial charge < -0.3 is 4.74 Å². The summed E-state index contributed by atoms with van der Waals surface area (Å²) >= 11 is 0. The Morgan fingerprint density at radius 3 is 2.50 bits per heavy atom. The lowest BCUT2D eigenvalue weighted by Crippen LogP contribution is -2.48. The molecular formula is C9H14O3. The van der Waals surface area contributed by atoms with Gasteiger partial charge in [-0.1, -0.05) is 6.92 Å². The maximum Gasteiger partial charge on any atom is 0.309 e. The standard InChI is InChI=1S/C9H14O3/c1-4-6(10)9(2,3)7-5-8(11)12-7/h7H,4-5H2,1-3H3/t7-/m0/s1. The molecule has 0 bridgehead atoms. The van der Waals surface area contributed by atoms with Crippen molar-refractivity contribution in [2.24, 2.45) is 5.41 Å². The molecule has 1 heterocycles. The molecule has 12 heavy (non-hydrogen) atoms. The van der Waals surface area contributed by atoms with Gasteiger partial charge in [0.15, 0.2) is 0 Å². The monoisotopic (exact) mass is 170 g/mol. The van der Waals surface area contributed by atoms with Crippen molar-refractivity contribution >= 4 is 11.8 Å². The molecule has 0 aromatic rings. The molecule has 1 saturated heterocycles. The van der Waals surface area contributed by atoms with Crippen LogP contribution in [0.5, 0.6) is 0 Å². The van der Waals surface area contributed by atoms with E-state index in [0.717, 1.165) is 0 Å². The minimum Gasteiger partial charge on any atom is -0.461 e. The van der Waals surface area contributed by atoms with E-state index in [1.165, 1.54) is 0 Å². The van der Waals surface area contributed by atoms with Gasteiger partial charge in [0, 0.05) is 6.42 Å². The summed E-state index contributed by atoms with van der Waals surface area (Å²) in [7, 11) is 0. The Balaban J connectivity index is 2.59. The van der Waals surface area contributed by atoms with Gasteiger partial charge in [0.05, 0.1) is 11.8 Å². The summed E-state index contributed by atoms with van der Waals surface area (Å²) in [6, 6.07) is 0. The number of hydrogen-bond acceptors (Lipinski definition) is 3. The normalized spacial score (nSPS) is 22.9. The number of carbonyl (C=O) groups excluding carboxylic acids is 2. The van der Waals surface area contributed by atoms with Crippen LogP contribution in [0.25, 0.3) is 0 Å². The van der Waals surface area contributed by atoms with E-state index in [1.54, 1.807) is 0 Å². The fourth-order valence-corrected chi connectivity index (χ4v) is 1.34. The van der Waals surface area contributed by atoms with Crippen molar-refractivity contribution in [2.45, 2.75) is 39.7 Å². The topological polar surface area (TPSA) is 43.4 Å². The number of carbonyl (C=O) groups is 2. The molecule has 0 saturated carbocycles. The van der Waals surface area contributed by atoms with Crippen LogP contribution in [0.15, 0.2) is 0 Å². The molecule has 0 unspecified atom stereocenters. The highest BCUT2D eigenvalue weighted by Crippen LogP contribution is 2.33. The van der Waals surface area contributed by atoms with Crippen LogP contribution >= 0.6 is 0 Å². The molecule has 0 aliphatic carbocycles. The molecule has 0 aromatic heterocycles. The van der Waals surface area contributed by atoms with E-state index in [-0.39, 0.29) is 17.9 Å². The Labute approximate surface area is 72.1 Å². The molecule has 3 nitrogen and oxygen atoms in total. The third-order valence-corrected chi connectivity index (χ3v) is 2.47. The highest BCUT2D eigenvalue weighted by molar-refractivity contribution is 5.87. The van der Waals surface area contributed by atoms with E-state index in [1.807, 2.05) is 20.8 Å². The van der Waals surface area contributed by atoms with E-state index < -0.39 is 5.41 Å². The minimum absolute atomic E-state index is 0.153. The fourth-order valence-electron chi connectivity index (χ4n) is 1.34. The number of rotatable bonds is 3. The maximum atomic E-state index is 11.4. The van der Waals surface area contributed by atoms with Gasteiger partial charge in [0.25, 0.3) is 0 Å². The van der Waals surface area contributed by atoms with Gasteiger partial charge in [-0.2, -0.15) is 0 Å². The van der Waals surface area contributed by atoms with Crippen LogP contribution in [0.2, 0.25) is 0 Å². The summed E-state index contributed by atoms with van der Waals surface area (Å²) < 4.78 is 4.87. The molecule has 68 valence electrons. The van der Waals surface area contributed by atoms with Crippen LogP contribution in [-0.2, 0) is 14.3 Å². The predicted octanol–water partition coefficient (Wildman–Crippen LogP) is 1.31. The predicted molar refractivity (Wildman–Crippen MR) is 43.6 cm³/mol. The Bertz CT molecular complexity index is 210. The number of ketones is 1. The summed E-state index contributed by atoms with van der Waals surface area (Å²) in [6.07, 6.45) is 0.692. The Kier molecular flexibility index (Phi) is 2.22.